The van der Waals surface area contributed by atoms with Crippen molar-refractivity contribution in [1.82, 2.24) is 10.2 Å². The summed E-state index contributed by atoms with van der Waals surface area (Å²) in [5.74, 6) is 0.494. The first kappa shape index (κ1) is 20.6. The van der Waals surface area contributed by atoms with E-state index in [1.54, 1.807) is 18.4 Å². The Balaban J connectivity index is 1.41. The second-order valence-electron chi connectivity index (χ2n) is 7.25. The minimum Gasteiger partial charge on any atom is -0.468 e. The SMILES string of the molecule is O=C(NCC(c1ccco1)N1CCN(c2ccc(F)cc2)CC1)c1cccc(Br)c1. The first-order valence-electron chi connectivity index (χ1n) is 9.92. The summed E-state index contributed by atoms with van der Waals surface area (Å²) >= 11 is 3.40. The summed E-state index contributed by atoms with van der Waals surface area (Å²) in [7, 11) is 0. The molecule has 0 bridgehead atoms. The minimum atomic E-state index is -0.226. The molecule has 0 radical (unpaired) electrons. The van der Waals surface area contributed by atoms with Crippen LogP contribution in [0.5, 0.6) is 0 Å². The lowest BCUT2D eigenvalue weighted by Gasteiger charge is -2.39. The van der Waals surface area contributed by atoms with Gasteiger partial charge >= 0.3 is 0 Å². The van der Waals surface area contributed by atoms with E-state index in [4.69, 9.17) is 4.42 Å². The van der Waals surface area contributed by atoms with Gasteiger partial charge in [0, 0.05) is 48.4 Å². The van der Waals surface area contributed by atoms with Crippen LogP contribution in [0.1, 0.15) is 22.2 Å². The smallest absolute Gasteiger partial charge is 0.251 e. The molecule has 5 nitrogen and oxygen atoms in total. The summed E-state index contributed by atoms with van der Waals surface area (Å²) in [5.41, 5.74) is 1.64. The largest absolute Gasteiger partial charge is 0.468 e. The first-order chi connectivity index (χ1) is 14.6. The first-order valence-corrected chi connectivity index (χ1v) is 10.7. The Kier molecular flexibility index (Phi) is 6.50. The molecule has 2 heterocycles. The zero-order valence-corrected chi connectivity index (χ0v) is 18.0. The second-order valence-corrected chi connectivity index (χ2v) is 8.17. The van der Waals surface area contributed by atoms with Gasteiger partial charge in [-0.3, -0.25) is 9.69 Å². The van der Waals surface area contributed by atoms with Crippen molar-refractivity contribution in [3.63, 3.8) is 0 Å². The summed E-state index contributed by atoms with van der Waals surface area (Å²) < 4.78 is 19.7. The molecule has 1 N–H and O–H groups in total. The Hall–Kier alpha value is -2.64. The molecule has 1 aliphatic rings. The van der Waals surface area contributed by atoms with Crippen molar-refractivity contribution in [2.24, 2.45) is 0 Å². The highest BCUT2D eigenvalue weighted by molar-refractivity contribution is 9.10. The number of halogens is 2. The Morgan fingerprint density at radius 2 is 1.83 bits per heavy atom. The molecule has 0 saturated carbocycles. The van der Waals surface area contributed by atoms with Gasteiger partial charge in [-0.2, -0.15) is 0 Å². The van der Waals surface area contributed by atoms with Gasteiger partial charge in [0.15, 0.2) is 0 Å². The number of furan rings is 1. The number of carbonyl (C=O) groups excluding carboxylic acids is 1. The van der Waals surface area contributed by atoms with Gasteiger partial charge in [0.1, 0.15) is 11.6 Å². The van der Waals surface area contributed by atoms with Crippen molar-refractivity contribution in [2.45, 2.75) is 6.04 Å². The molecule has 1 aromatic heterocycles. The average Bonchev–Trinajstić information content (AvgIpc) is 3.29. The quantitative estimate of drug-likeness (QED) is 0.575. The second kappa shape index (κ2) is 9.45. The molecule has 156 valence electrons. The van der Waals surface area contributed by atoms with E-state index >= 15 is 0 Å². The van der Waals surface area contributed by atoms with Gasteiger partial charge in [0.2, 0.25) is 0 Å². The zero-order valence-electron chi connectivity index (χ0n) is 16.4. The number of carbonyl (C=O) groups is 1. The van der Waals surface area contributed by atoms with E-state index in [1.165, 1.54) is 12.1 Å². The van der Waals surface area contributed by atoms with Crippen molar-refractivity contribution in [3.8, 4) is 0 Å². The number of rotatable bonds is 6. The fraction of sp³-hybridized carbons (Fsp3) is 0.261. The van der Waals surface area contributed by atoms with Crippen LogP contribution in [0.15, 0.2) is 75.8 Å². The molecule has 1 atom stereocenters. The molecule has 7 heteroatoms. The lowest BCUT2D eigenvalue weighted by Crippen LogP contribution is -2.49. The van der Waals surface area contributed by atoms with E-state index < -0.39 is 0 Å². The standard InChI is InChI=1S/C23H23BrFN3O2/c24-18-4-1-3-17(15-18)23(29)26-16-21(22-5-2-14-30-22)28-12-10-27(11-13-28)20-8-6-19(25)7-9-20/h1-9,14-15,21H,10-13,16H2,(H,26,29). The molecule has 4 rings (SSSR count). The van der Waals surface area contributed by atoms with E-state index in [1.807, 2.05) is 36.4 Å². The molecule has 1 fully saturated rings. The summed E-state index contributed by atoms with van der Waals surface area (Å²) in [4.78, 5) is 17.2. The van der Waals surface area contributed by atoms with Crippen LogP contribution in [0.25, 0.3) is 0 Å². The lowest BCUT2D eigenvalue weighted by molar-refractivity contribution is 0.0922. The fourth-order valence-corrected chi connectivity index (χ4v) is 4.15. The number of hydrogen-bond donors (Lipinski definition) is 1. The van der Waals surface area contributed by atoms with Gasteiger partial charge in [-0.25, -0.2) is 4.39 Å². The Bertz CT molecular complexity index is 970. The highest BCUT2D eigenvalue weighted by Crippen LogP contribution is 2.25. The van der Waals surface area contributed by atoms with E-state index in [-0.39, 0.29) is 17.8 Å². The van der Waals surface area contributed by atoms with Crippen LogP contribution in [0.3, 0.4) is 0 Å². The van der Waals surface area contributed by atoms with E-state index in [9.17, 15) is 9.18 Å². The van der Waals surface area contributed by atoms with Crippen LogP contribution >= 0.6 is 15.9 Å². The highest BCUT2D eigenvalue weighted by Gasteiger charge is 2.27. The third-order valence-corrected chi connectivity index (χ3v) is 5.85. The van der Waals surface area contributed by atoms with Crippen LogP contribution in [-0.4, -0.2) is 43.5 Å². The minimum absolute atomic E-state index is 0.0496. The maximum absolute atomic E-state index is 13.2. The summed E-state index contributed by atoms with van der Waals surface area (Å²) in [6, 6.07) is 17.7. The third-order valence-electron chi connectivity index (χ3n) is 5.36. The Morgan fingerprint density at radius 3 is 2.50 bits per heavy atom. The van der Waals surface area contributed by atoms with Crippen LogP contribution in [0.2, 0.25) is 0 Å². The molecule has 1 amide bonds. The molecule has 1 aliphatic heterocycles. The summed E-state index contributed by atoms with van der Waals surface area (Å²) in [6.07, 6.45) is 1.66. The monoisotopic (exact) mass is 471 g/mol. The number of amides is 1. The number of piperazine rings is 1. The predicted octanol–water partition coefficient (Wildman–Crippen LogP) is 4.47. The number of benzene rings is 2. The van der Waals surface area contributed by atoms with Crippen molar-refractivity contribution in [3.05, 3.63) is 88.5 Å². The van der Waals surface area contributed by atoms with Crippen molar-refractivity contribution < 1.29 is 13.6 Å². The maximum atomic E-state index is 13.2. The fourth-order valence-electron chi connectivity index (χ4n) is 3.76. The third kappa shape index (κ3) is 4.91. The normalized spacial score (nSPS) is 15.7. The number of nitrogens with one attached hydrogen (secondary N) is 1. The van der Waals surface area contributed by atoms with Crippen molar-refractivity contribution >= 4 is 27.5 Å². The number of hydrogen-bond acceptors (Lipinski definition) is 4. The zero-order chi connectivity index (χ0) is 20.9. The van der Waals surface area contributed by atoms with Crippen LogP contribution < -0.4 is 10.2 Å². The maximum Gasteiger partial charge on any atom is 0.251 e. The summed E-state index contributed by atoms with van der Waals surface area (Å²) in [5, 5.41) is 3.04. The predicted molar refractivity (Wildman–Crippen MR) is 118 cm³/mol. The molecular formula is C23H23BrFN3O2. The van der Waals surface area contributed by atoms with E-state index in [2.05, 4.69) is 31.0 Å². The number of anilines is 1. The Morgan fingerprint density at radius 1 is 1.07 bits per heavy atom. The van der Waals surface area contributed by atoms with Gasteiger partial charge in [0.25, 0.3) is 5.91 Å². The van der Waals surface area contributed by atoms with Crippen molar-refractivity contribution in [1.29, 1.82) is 0 Å². The highest BCUT2D eigenvalue weighted by atomic mass is 79.9. The van der Waals surface area contributed by atoms with E-state index in [0.717, 1.165) is 42.1 Å². The molecular weight excluding hydrogens is 449 g/mol. The topological polar surface area (TPSA) is 48.7 Å². The number of nitrogens with zero attached hydrogens (tertiary/aromatic N) is 2. The van der Waals surface area contributed by atoms with Crippen LogP contribution in [0.4, 0.5) is 10.1 Å². The van der Waals surface area contributed by atoms with Gasteiger partial charge in [-0.05, 0) is 54.6 Å². The van der Waals surface area contributed by atoms with Gasteiger partial charge in [-0.15, -0.1) is 0 Å². The van der Waals surface area contributed by atoms with Gasteiger partial charge < -0.3 is 14.6 Å². The molecule has 3 aromatic rings. The van der Waals surface area contributed by atoms with Crippen LogP contribution in [0, 0.1) is 5.82 Å². The summed E-state index contributed by atoms with van der Waals surface area (Å²) in [6.45, 7) is 3.73. The van der Waals surface area contributed by atoms with Crippen molar-refractivity contribution in [2.75, 3.05) is 37.6 Å². The molecule has 0 aliphatic carbocycles. The van der Waals surface area contributed by atoms with Gasteiger partial charge in [-0.1, -0.05) is 22.0 Å². The molecule has 2 aromatic carbocycles. The Labute approximate surface area is 183 Å². The van der Waals surface area contributed by atoms with Gasteiger partial charge in [0.05, 0.1) is 12.3 Å². The van der Waals surface area contributed by atoms with E-state index in [0.29, 0.717) is 12.1 Å². The molecule has 1 saturated heterocycles. The molecule has 0 spiro atoms. The molecule has 1 unspecified atom stereocenters. The molecule has 30 heavy (non-hydrogen) atoms. The van der Waals surface area contributed by atoms with Crippen LogP contribution in [-0.2, 0) is 0 Å². The lowest BCUT2D eigenvalue weighted by atomic mass is 10.1. The average molecular weight is 472 g/mol.